The SMILES string of the molecule is O=C(CCc1ccc(F)cc1)N[C@@H](Cc1ccc(O)cc1)C(=O)NCC(=O)N[C@@H](Cc1ccc(O)cc1)C(=O)NCc1ccccc1. The highest BCUT2D eigenvalue weighted by molar-refractivity contribution is 5.92. The minimum atomic E-state index is -1.05. The molecule has 2 atom stereocenters. The van der Waals surface area contributed by atoms with E-state index in [1.165, 1.54) is 36.4 Å². The lowest BCUT2D eigenvalue weighted by Gasteiger charge is -2.21. The molecule has 0 spiro atoms. The smallest absolute Gasteiger partial charge is 0.243 e. The highest BCUT2D eigenvalue weighted by Gasteiger charge is 2.24. The molecular formula is C36H37FN4O6. The molecule has 0 aliphatic heterocycles. The molecule has 0 aliphatic rings. The number of hydrogen-bond donors (Lipinski definition) is 6. The van der Waals surface area contributed by atoms with Gasteiger partial charge in [0, 0.05) is 25.8 Å². The molecule has 4 rings (SSSR count). The van der Waals surface area contributed by atoms with Crippen LogP contribution < -0.4 is 21.3 Å². The number of carbonyl (C=O) groups excluding carboxylic acids is 4. The van der Waals surface area contributed by atoms with Crippen LogP contribution in [0.2, 0.25) is 0 Å². The number of benzene rings is 4. The molecule has 0 saturated carbocycles. The number of carbonyl (C=O) groups is 4. The number of amides is 4. The van der Waals surface area contributed by atoms with Crippen LogP contribution in [0.5, 0.6) is 11.5 Å². The second-order valence-electron chi connectivity index (χ2n) is 11.0. The Morgan fingerprint density at radius 1 is 0.574 bits per heavy atom. The highest BCUT2D eigenvalue weighted by atomic mass is 19.1. The molecule has 10 nitrogen and oxygen atoms in total. The van der Waals surface area contributed by atoms with Gasteiger partial charge in [-0.25, -0.2) is 4.39 Å². The summed E-state index contributed by atoms with van der Waals surface area (Å²) in [5, 5.41) is 30.0. The molecule has 0 radical (unpaired) electrons. The third kappa shape index (κ3) is 11.6. The number of aryl methyl sites for hydroxylation is 1. The first-order valence-corrected chi connectivity index (χ1v) is 15.1. The number of phenolic OH excluding ortho intramolecular Hbond substituents is 2. The van der Waals surface area contributed by atoms with E-state index >= 15 is 0 Å². The second kappa shape index (κ2) is 17.1. The first-order chi connectivity index (χ1) is 22.6. The molecular weight excluding hydrogens is 603 g/mol. The molecule has 11 heteroatoms. The first-order valence-electron chi connectivity index (χ1n) is 15.1. The van der Waals surface area contributed by atoms with Crippen LogP contribution in [0.4, 0.5) is 4.39 Å². The standard InChI is InChI=1S/C36H37FN4O6/c37-28-13-6-24(7-14-28)12-19-33(44)40-31(20-25-8-15-29(42)16-9-25)36(47)39-23-34(45)41-32(21-26-10-17-30(43)18-11-26)35(46)38-22-27-4-2-1-3-5-27/h1-11,13-18,31-32,42-43H,12,19-23H2,(H,38,46)(H,39,47)(H,40,44)(H,41,45)/t31-,32-/m0/s1. The van der Waals surface area contributed by atoms with Gasteiger partial charge in [0.1, 0.15) is 29.4 Å². The van der Waals surface area contributed by atoms with Crippen LogP contribution in [0.3, 0.4) is 0 Å². The number of halogens is 1. The van der Waals surface area contributed by atoms with Gasteiger partial charge in [0.2, 0.25) is 23.6 Å². The van der Waals surface area contributed by atoms with Crippen molar-refractivity contribution in [3.05, 3.63) is 131 Å². The topological polar surface area (TPSA) is 157 Å². The molecule has 0 aromatic heterocycles. The van der Waals surface area contributed by atoms with Gasteiger partial charge in [-0.2, -0.15) is 0 Å². The van der Waals surface area contributed by atoms with Crippen molar-refractivity contribution >= 4 is 23.6 Å². The van der Waals surface area contributed by atoms with Gasteiger partial charge < -0.3 is 31.5 Å². The monoisotopic (exact) mass is 640 g/mol. The Kier molecular flexibility index (Phi) is 12.4. The number of rotatable bonds is 15. The minimum Gasteiger partial charge on any atom is -0.508 e. The predicted molar refractivity (Wildman–Crippen MR) is 174 cm³/mol. The minimum absolute atomic E-state index is 0.0442. The molecule has 47 heavy (non-hydrogen) atoms. The Bertz CT molecular complexity index is 1630. The lowest BCUT2D eigenvalue weighted by Crippen LogP contribution is -2.53. The fraction of sp³-hybridized carbons (Fsp3) is 0.222. The van der Waals surface area contributed by atoms with E-state index in [2.05, 4.69) is 21.3 Å². The summed E-state index contributed by atoms with van der Waals surface area (Å²) in [4.78, 5) is 52.3. The van der Waals surface area contributed by atoms with E-state index in [-0.39, 0.29) is 43.1 Å². The molecule has 244 valence electrons. The Morgan fingerprint density at radius 2 is 1.06 bits per heavy atom. The quantitative estimate of drug-likeness (QED) is 0.117. The van der Waals surface area contributed by atoms with E-state index in [0.717, 1.165) is 11.1 Å². The molecule has 4 aromatic carbocycles. The maximum Gasteiger partial charge on any atom is 0.243 e. The molecule has 0 fully saturated rings. The zero-order chi connectivity index (χ0) is 33.6. The third-order valence-corrected chi connectivity index (χ3v) is 7.34. The number of aromatic hydroxyl groups is 2. The van der Waals surface area contributed by atoms with Crippen molar-refractivity contribution in [1.29, 1.82) is 0 Å². The Labute approximate surface area is 272 Å². The van der Waals surface area contributed by atoms with Gasteiger partial charge in [-0.05, 0) is 65.1 Å². The summed E-state index contributed by atoms with van der Waals surface area (Å²) in [7, 11) is 0. The summed E-state index contributed by atoms with van der Waals surface area (Å²) < 4.78 is 13.2. The first kappa shape index (κ1) is 34.2. The van der Waals surface area contributed by atoms with Gasteiger partial charge >= 0.3 is 0 Å². The van der Waals surface area contributed by atoms with Crippen LogP contribution in [0.15, 0.2) is 103 Å². The molecule has 0 bridgehead atoms. The number of phenols is 2. The Hall–Kier alpha value is -5.71. The van der Waals surface area contributed by atoms with Crippen LogP contribution in [0.1, 0.15) is 28.7 Å². The number of hydrogen-bond acceptors (Lipinski definition) is 6. The number of nitrogens with one attached hydrogen (secondary N) is 4. The molecule has 6 N–H and O–H groups in total. The molecule has 0 heterocycles. The summed E-state index contributed by atoms with van der Waals surface area (Å²) in [5.74, 6) is -2.36. The van der Waals surface area contributed by atoms with E-state index in [1.54, 1.807) is 36.4 Å². The average molecular weight is 641 g/mol. The van der Waals surface area contributed by atoms with Crippen LogP contribution in [0, 0.1) is 5.82 Å². The third-order valence-electron chi connectivity index (χ3n) is 7.34. The van der Waals surface area contributed by atoms with Crippen molar-refractivity contribution in [2.45, 2.75) is 44.3 Å². The maximum atomic E-state index is 13.3. The van der Waals surface area contributed by atoms with Crippen LogP contribution in [-0.4, -0.2) is 52.5 Å². The van der Waals surface area contributed by atoms with Gasteiger partial charge in [0.15, 0.2) is 0 Å². The predicted octanol–water partition coefficient (Wildman–Crippen LogP) is 3.06. The maximum absolute atomic E-state index is 13.3. The van der Waals surface area contributed by atoms with Crippen LogP contribution in [0.25, 0.3) is 0 Å². The van der Waals surface area contributed by atoms with E-state index in [4.69, 9.17) is 0 Å². The summed E-state index contributed by atoms with van der Waals surface area (Å²) in [6.45, 7) is -0.216. The normalized spacial score (nSPS) is 11.9. The van der Waals surface area contributed by atoms with Gasteiger partial charge in [-0.15, -0.1) is 0 Å². The van der Waals surface area contributed by atoms with Gasteiger partial charge in [0.25, 0.3) is 0 Å². The van der Waals surface area contributed by atoms with Crippen LogP contribution >= 0.6 is 0 Å². The van der Waals surface area contributed by atoms with Crippen molar-refractivity contribution in [3.8, 4) is 11.5 Å². The summed E-state index contributed by atoms with van der Waals surface area (Å²) >= 11 is 0. The molecule has 4 amide bonds. The zero-order valence-electron chi connectivity index (χ0n) is 25.6. The Balaban J connectivity index is 1.38. The summed E-state index contributed by atoms with van der Waals surface area (Å²) in [6.07, 6.45) is 0.592. The summed E-state index contributed by atoms with van der Waals surface area (Å²) in [5.41, 5.74) is 2.99. The fourth-order valence-electron chi connectivity index (χ4n) is 4.77. The average Bonchev–Trinajstić information content (AvgIpc) is 3.07. The lowest BCUT2D eigenvalue weighted by atomic mass is 10.0. The van der Waals surface area contributed by atoms with Gasteiger partial charge in [-0.1, -0.05) is 66.7 Å². The molecule has 0 saturated heterocycles. The lowest BCUT2D eigenvalue weighted by molar-refractivity contribution is -0.131. The largest absolute Gasteiger partial charge is 0.508 e. The Morgan fingerprint density at radius 3 is 1.62 bits per heavy atom. The van der Waals surface area contributed by atoms with E-state index < -0.39 is 42.3 Å². The molecule has 4 aromatic rings. The highest BCUT2D eigenvalue weighted by Crippen LogP contribution is 2.13. The fourth-order valence-corrected chi connectivity index (χ4v) is 4.77. The van der Waals surface area contributed by atoms with Crippen molar-refractivity contribution in [2.75, 3.05) is 6.54 Å². The van der Waals surface area contributed by atoms with Crippen molar-refractivity contribution in [1.82, 2.24) is 21.3 Å². The van der Waals surface area contributed by atoms with E-state index in [9.17, 15) is 33.8 Å². The zero-order valence-corrected chi connectivity index (χ0v) is 25.6. The van der Waals surface area contributed by atoms with Crippen molar-refractivity contribution in [3.63, 3.8) is 0 Å². The van der Waals surface area contributed by atoms with Gasteiger partial charge in [-0.3, -0.25) is 19.2 Å². The van der Waals surface area contributed by atoms with E-state index in [0.29, 0.717) is 17.5 Å². The van der Waals surface area contributed by atoms with Crippen molar-refractivity contribution in [2.24, 2.45) is 0 Å². The molecule has 0 aliphatic carbocycles. The van der Waals surface area contributed by atoms with Crippen LogP contribution in [-0.2, 0) is 45.0 Å². The van der Waals surface area contributed by atoms with Gasteiger partial charge in [0.05, 0.1) is 6.54 Å². The summed E-state index contributed by atoms with van der Waals surface area (Å²) in [6, 6.07) is 25.5. The molecule has 0 unspecified atom stereocenters. The van der Waals surface area contributed by atoms with E-state index in [1.807, 2.05) is 30.3 Å². The second-order valence-corrected chi connectivity index (χ2v) is 11.0. The van der Waals surface area contributed by atoms with Crippen molar-refractivity contribution < 1.29 is 33.8 Å².